The molecule has 1 aliphatic heterocycles. The van der Waals surface area contributed by atoms with Crippen molar-refractivity contribution in [3.05, 3.63) is 18.4 Å². The zero-order chi connectivity index (χ0) is 8.73. The SMILES string of the molecule is C1=C(c2nnco2)CCC12CNC2. The minimum absolute atomic E-state index is 0.407. The Morgan fingerprint density at radius 2 is 2.38 bits per heavy atom. The minimum atomic E-state index is 0.407. The smallest absolute Gasteiger partial charge is 0.243 e. The number of nitrogens with zero attached hydrogens (tertiary/aromatic N) is 2. The van der Waals surface area contributed by atoms with Gasteiger partial charge in [0.25, 0.3) is 0 Å². The fourth-order valence-electron chi connectivity index (χ4n) is 2.10. The lowest BCUT2D eigenvalue weighted by Gasteiger charge is -2.37. The van der Waals surface area contributed by atoms with Crippen LogP contribution in [0.3, 0.4) is 0 Å². The molecule has 0 radical (unpaired) electrons. The lowest BCUT2D eigenvalue weighted by molar-refractivity contribution is 0.236. The van der Waals surface area contributed by atoms with Crippen LogP contribution in [0.5, 0.6) is 0 Å². The van der Waals surface area contributed by atoms with Crippen molar-refractivity contribution in [1.82, 2.24) is 15.5 Å². The Morgan fingerprint density at radius 1 is 1.46 bits per heavy atom. The summed E-state index contributed by atoms with van der Waals surface area (Å²) >= 11 is 0. The van der Waals surface area contributed by atoms with E-state index in [1.165, 1.54) is 18.4 Å². The molecule has 68 valence electrons. The van der Waals surface area contributed by atoms with Crippen molar-refractivity contribution < 1.29 is 4.42 Å². The number of hydrogen-bond acceptors (Lipinski definition) is 4. The van der Waals surface area contributed by atoms with Gasteiger partial charge in [-0.2, -0.15) is 0 Å². The van der Waals surface area contributed by atoms with E-state index in [9.17, 15) is 0 Å². The minimum Gasteiger partial charge on any atom is -0.424 e. The molecule has 1 aromatic rings. The Hall–Kier alpha value is -1.16. The zero-order valence-electron chi connectivity index (χ0n) is 7.29. The molecule has 1 fully saturated rings. The Kier molecular flexibility index (Phi) is 1.35. The molecular formula is C9H11N3O. The van der Waals surface area contributed by atoms with Gasteiger partial charge < -0.3 is 9.73 Å². The summed E-state index contributed by atoms with van der Waals surface area (Å²) < 4.78 is 5.17. The molecule has 4 nitrogen and oxygen atoms in total. The second-order valence-corrected chi connectivity index (χ2v) is 3.88. The summed E-state index contributed by atoms with van der Waals surface area (Å²) in [4.78, 5) is 0. The molecular weight excluding hydrogens is 166 g/mol. The molecule has 0 unspecified atom stereocenters. The quantitative estimate of drug-likeness (QED) is 0.690. The van der Waals surface area contributed by atoms with Gasteiger partial charge in [-0.05, 0) is 12.8 Å². The highest BCUT2D eigenvalue weighted by Crippen LogP contribution is 2.42. The molecule has 13 heavy (non-hydrogen) atoms. The van der Waals surface area contributed by atoms with Crippen LogP contribution in [0.4, 0.5) is 0 Å². The topological polar surface area (TPSA) is 51.0 Å². The maximum atomic E-state index is 5.17. The average molecular weight is 177 g/mol. The lowest BCUT2D eigenvalue weighted by atomic mass is 9.82. The van der Waals surface area contributed by atoms with E-state index in [0.29, 0.717) is 11.3 Å². The number of rotatable bonds is 1. The first-order valence-corrected chi connectivity index (χ1v) is 4.57. The van der Waals surface area contributed by atoms with Crippen molar-refractivity contribution in [3.63, 3.8) is 0 Å². The van der Waals surface area contributed by atoms with Crippen LogP contribution in [0.2, 0.25) is 0 Å². The zero-order valence-corrected chi connectivity index (χ0v) is 7.29. The van der Waals surface area contributed by atoms with E-state index in [1.54, 1.807) is 0 Å². The Labute approximate surface area is 76.0 Å². The van der Waals surface area contributed by atoms with Crippen molar-refractivity contribution in [2.45, 2.75) is 12.8 Å². The Bertz CT molecular complexity index is 338. The van der Waals surface area contributed by atoms with Gasteiger partial charge in [0.1, 0.15) is 0 Å². The third-order valence-electron chi connectivity index (χ3n) is 2.96. The number of aromatic nitrogens is 2. The molecule has 1 saturated heterocycles. The summed E-state index contributed by atoms with van der Waals surface area (Å²) in [5, 5.41) is 10.9. The highest BCUT2D eigenvalue weighted by Gasteiger charge is 2.39. The molecule has 1 spiro atoms. The van der Waals surface area contributed by atoms with E-state index in [4.69, 9.17) is 4.42 Å². The van der Waals surface area contributed by atoms with E-state index < -0.39 is 0 Å². The first-order chi connectivity index (χ1) is 6.38. The number of nitrogens with one attached hydrogen (secondary N) is 1. The molecule has 2 heterocycles. The van der Waals surface area contributed by atoms with E-state index in [2.05, 4.69) is 21.6 Å². The van der Waals surface area contributed by atoms with Gasteiger partial charge in [0.05, 0.1) is 0 Å². The van der Waals surface area contributed by atoms with Crippen molar-refractivity contribution in [1.29, 1.82) is 0 Å². The van der Waals surface area contributed by atoms with E-state index in [1.807, 2.05) is 0 Å². The molecule has 0 aromatic carbocycles. The first-order valence-electron chi connectivity index (χ1n) is 4.57. The molecule has 4 heteroatoms. The van der Waals surface area contributed by atoms with Crippen molar-refractivity contribution in [2.24, 2.45) is 5.41 Å². The number of allylic oxidation sites excluding steroid dienone is 1. The van der Waals surface area contributed by atoms with Crippen LogP contribution in [0.25, 0.3) is 5.57 Å². The highest BCUT2D eigenvalue weighted by atomic mass is 16.4. The predicted octanol–water partition coefficient (Wildman–Crippen LogP) is 0.836. The van der Waals surface area contributed by atoms with Crippen LogP contribution in [-0.4, -0.2) is 23.3 Å². The average Bonchev–Trinajstić information content (AvgIpc) is 2.71. The van der Waals surface area contributed by atoms with Gasteiger partial charge in [0.2, 0.25) is 12.3 Å². The highest BCUT2D eigenvalue weighted by molar-refractivity contribution is 5.62. The molecule has 0 atom stereocenters. The molecule has 3 rings (SSSR count). The van der Waals surface area contributed by atoms with Gasteiger partial charge in [0, 0.05) is 24.1 Å². The van der Waals surface area contributed by atoms with Crippen molar-refractivity contribution in [2.75, 3.05) is 13.1 Å². The number of hydrogen-bond donors (Lipinski definition) is 1. The van der Waals surface area contributed by atoms with Crippen molar-refractivity contribution >= 4 is 5.57 Å². The summed E-state index contributed by atoms with van der Waals surface area (Å²) in [5.74, 6) is 0.698. The van der Waals surface area contributed by atoms with Crippen LogP contribution >= 0.6 is 0 Å². The normalized spacial score (nSPS) is 24.5. The van der Waals surface area contributed by atoms with E-state index >= 15 is 0 Å². The Morgan fingerprint density at radius 3 is 2.92 bits per heavy atom. The maximum absolute atomic E-state index is 5.17. The van der Waals surface area contributed by atoms with Gasteiger partial charge in [0.15, 0.2) is 0 Å². The summed E-state index contributed by atoms with van der Waals surface area (Å²) in [7, 11) is 0. The summed E-state index contributed by atoms with van der Waals surface area (Å²) in [6, 6.07) is 0. The maximum Gasteiger partial charge on any atom is 0.243 e. The summed E-state index contributed by atoms with van der Waals surface area (Å²) in [6.45, 7) is 2.20. The fourth-order valence-corrected chi connectivity index (χ4v) is 2.10. The standard InChI is InChI=1S/C9H11N3O/c1-2-9(4-10-5-9)3-7(1)8-12-11-6-13-8/h3,6,10H,1-2,4-5H2. The summed E-state index contributed by atoms with van der Waals surface area (Å²) in [5.41, 5.74) is 1.63. The van der Waals surface area contributed by atoms with Gasteiger partial charge in [-0.15, -0.1) is 10.2 Å². The van der Waals surface area contributed by atoms with Crippen LogP contribution in [-0.2, 0) is 0 Å². The van der Waals surface area contributed by atoms with Crippen LogP contribution in [0, 0.1) is 5.41 Å². The fraction of sp³-hybridized carbons (Fsp3) is 0.556. The largest absolute Gasteiger partial charge is 0.424 e. The molecule has 0 amide bonds. The Balaban J connectivity index is 1.90. The predicted molar refractivity (Wildman–Crippen MR) is 46.8 cm³/mol. The van der Waals surface area contributed by atoms with Crippen LogP contribution in [0.1, 0.15) is 18.7 Å². The van der Waals surface area contributed by atoms with Gasteiger partial charge in [-0.1, -0.05) is 6.08 Å². The lowest BCUT2D eigenvalue weighted by Crippen LogP contribution is -2.50. The molecule has 0 saturated carbocycles. The van der Waals surface area contributed by atoms with Gasteiger partial charge in [-0.3, -0.25) is 0 Å². The third kappa shape index (κ3) is 1.02. The van der Waals surface area contributed by atoms with Crippen LogP contribution in [0.15, 0.2) is 16.9 Å². The molecule has 2 aliphatic rings. The molecule has 1 aliphatic carbocycles. The van der Waals surface area contributed by atoms with Crippen molar-refractivity contribution in [3.8, 4) is 0 Å². The first kappa shape index (κ1) is 7.26. The molecule has 0 bridgehead atoms. The van der Waals surface area contributed by atoms with E-state index in [-0.39, 0.29) is 0 Å². The second-order valence-electron chi connectivity index (χ2n) is 3.88. The molecule has 1 N–H and O–H groups in total. The van der Waals surface area contributed by atoms with Crippen LogP contribution < -0.4 is 5.32 Å². The monoisotopic (exact) mass is 177 g/mol. The third-order valence-corrected chi connectivity index (χ3v) is 2.96. The molecule has 1 aromatic heterocycles. The van der Waals surface area contributed by atoms with Gasteiger partial charge in [-0.25, -0.2) is 0 Å². The van der Waals surface area contributed by atoms with Gasteiger partial charge >= 0.3 is 0 Å². The van der Waals surface area contributed by atoms with E-state index in [0.717, 1.165) is 19.5 Å². The summed E-state index contributed by atoms with van der Waals surface area (Å²) in [6.07, 6.45) is 5.98. The second kappa shape index (κ2) is 2.42.